The van der Waals surface area contributed by atoms with Crippen molar-refractivity contribution in [2.24, 2.45) is 5.73 Å². The van der Waals surface area contributed by atoms with Gasteiger partial charge in [0.25, 0.3) is 0 Å². The molecule has 1 nitrogen and oxygen atoms in total. The first kappa shape index (κ1) is 14.4. The van der Waals surface area contributed by atoms with Gasteiger partial charge in [-0.1, -0.05) is 29.8 Å². The van der Waals surface area contributed by atoms with E-state index >= 15 is 0 Å². The summed E-state index contributed by atoms with van der Waals surface area (Å²) >= 11 is 7.67. The molecule has 2 aromatic rings. The molecule has 0 saturated heterocycles. The Morgan fingerprint density at radius 3 is 2.74 bits per heavy atom. The van der Waals surface area contributed by atoms with Crippen LogP contribution >= 0.6 is 23.4 Å². The van der Waals surface area contributed by atoms with Gasteiger partial charge >= 0.3 is 0 Å². The fraction of sp³-hybridized carbons (Fsp3) is 0.200. The van der Waals surface area contributed by atoms with Crippen LogP contribution < -0.4 is 5.73 Å². The molecule has 19 heavy (non-hydrogen) atoms. The Kier molecular flexibility index (Phi) is 4.86. The van der Waals surface area contributed by atoms with Gasteiger partial charge < -0.3 is 5.73 Å². The summed E-state index contributed by atoms with van der Waals surface area (Å²) in [6.07, 6.45) is 0. The van der Waals surface area contributed by atoms with Gasteiger partial charge in [0, 0.05) is 21.7 Å². The maximum absolute atomic E-state index is 12.9. The van der Waals surface area contributed by atoms with Crippen molar-refractivity contribution in [3.05, 3.63) is 64.4 Å². The SMILES string of the molecule is CC(N)c1cccc(SCc2ccc(F)cc2Cl)c1. The fourth-order valence-corrected chi connectivity index (χ4v) is 2.97. The lowest BCUT2D eigenvalue weighted by Crippen LogP contribution is -2.04. The predicted octanol–water partition coefficient (Wildman–Crippen LogP) is 4.79. The van der Waals surface area contributed by atoms with Crippen molar-refractivity contribution < 1.29 is 4.39 Å². The summed E-state index contributed by atoms with van der Waals surface area (Å²) in [5.41, 5.74) is 7.90. The highest BCUT2D eigenvalue weighted by Gasteiger charge is 2.05. The number of hydrogen-bond acceptors (Lipinski definition) is 2. The molecule has 2 aromatic carbocycles. The van der Waals surface area contributed by atoms with E-state index in [0.717, 1.165) is 16.0 Å². The summed E-state index contributed by atoms with van der Waals surface area (Å²) in [5, 5.41) is 0.468. The van der Waals surface area contributed by atoms with E-state index in [9.17, 15) is 4.39 Å². The Bertz CT molecular complexity index is 572. The molecule has 2 N–H and O–H groups in total. The largest absolute Gasteiger partial charge is 0.324 e. The number of rotatable bonds is 4. The molecule has 0 heterocycles. The van der Waals surface area contributed by atoms with Gasteiger partial charge in [-0.15, -0.1) is 11.8 Å². The standard InChI is InChI=1S/C15H15ClFNS/c1-10(18)11-3-2-4-14(7-11)19-9-12-5-6-13(17)8-15(12)16/h2-8,10H,9,18H2,1H3. The molecule has 0 spiro atoms. The zero-order chi connectivity index (χ0) is 13.8. The van der Waals surface area contributed by atoms with E-state index in [0.29, 0.717) is 10.8 Å². The second-order valence-corrected chi connectivity index (χ2v) is 5.84. The van der Waals surface area contributed by atoms with Gasteiger partial charge in [-0.2, -0.15) is 0 Å². The normalized spacial score (nSPS) is 12.4. The number of nitrogens with two attached hydrogens (primary N) is 1. The number of thioether (sulfide) groups is 1. The Morgan fingerprint density at radius 2 is 2.05 bits per heavy atom. The van der Waals surface area contributed by atoms with Crippen LogP contribution in [0, 0.1) is 5.82 Å². The van der Waals surface area contributed by atoms with Crippen LogP contribution in [0.4, 0.5) is 4.39 Å². The monoisotopic (exact) mass is 295 g/mol. The van der Waals surface area contributed by atoms with Crippen molar-refractivity contribution >= 4 is 23.4 Å². The summed E-state index contributed by atoms with van der Waals surface area (Å²) < 4.78 is 12.9. The van der Waals surface area contributed by atoms with E-state index in [-0.39, 0.29) is 11.9 Å². The Labute approximate surface area is 122 Å². The van der Waals surface area contributed by atoms with Crippen LogP contribution in [0.3, 0.4) is 0 Å². The topological polar surface area (TPSA) is 26.0 Å². The molecule has 0 fully saturated rings. The molecule has 0 bridgehead atoms. The molecule has 0 aliphatic heterocycles. The minimum Gasteiger partial charge on any atom is -0.324 e. The van der Waals surface area contributed by atoms with E-state index in [4.69, 9.17) is 17.3 Å². The van der Waals surface area contributed by atoms with E-state index in [1.807, 2.05) is 25.1 Å². The molecule has 0 aliphatic rings. The third-order valence-corrected chi connectivity index (χ3v) is 4.19. The third kappa shape index (κ3) is 3.96. The van der Waals surface area contributed by atoms with Crippen molar-refractivity contribution in [1.82, 2.24) is 0 Å². The van der Waals surface area contributed by atoms with Crippen molar-refractivity contribution in [2.45, 2.75) is 23.6 Å². The third-order valence-electron chi connectivity index (χ3n) is 2.79. The summed E-state index contributed by atoms with van der Waals surface area (Å²) in [4.78, 5) is 1.13. The Morgan fingerprint density at radius 1 is 1.26 bits per heavy atom. The molecule has 1 atom stereocenters. The highest BCUT2D eigenvalue weighted by molar-refractivity contribution is 7.98. The number of halogens is 2. The summed E-state index contributed by atoms with van der Waals surface area (Å²) in [6, 6.07) is 12.6. The second kappa shape index (κ2) is 6.42. The predicted molar refractivity (Wildman–Crippen MR) is 80.0 cm³/mol. The first-order chi connectivity index (χ1) is 9.06. The molecule has 0 radical (unpaired) electrons. The van der Waals surface area contributed by atoms with E-state index in [2.05, 4.69) is 6.07 Å². The number of hydrogen-bond donors (Lipinski definition) is 1. The lowest BCUT2D eigenvalue weighted by atomic mass is 10.1. The van der Waals surface area contributed by atoms with Gasteiger partial charge in [0.2, 0.25) is 0 Å². The molecule has 2 rings (SSSR count). The molecular weight excluding hydrogens is 281 g/mol. The Hall–Kier alpha value is -1.03. The number of benzene rings is 2. The molecule has 0 saturated carbocycles. The minimum absolute atomic E-state index is 0.0231. The average molecular weight is 296 g/mol. The Balaban J connectivity index is 2.08. The summed E-state index contributed by atoms with van der Waals surface area (Å²) in [6.45, 7) is 1.96. The van der Waals surface area contributed by atoms with Crippen LogP contribution in [0.1, 0.15) is 24.1 Å². The van der Waals surface area contributed by atoms with Crippen LogP contribution in [-0.2, 0) is 5.75 Å². The highest BCUT2D eigenvalue weighted by Crippen LogP contribution is 2.28. The highest BCUT2D eigenvalue weighted by atomic mass is 35.5. The van der Waals surface area contributed by atoms with Crippen molar-refractivity contribution in [3.63, 3.8) is 0 Å². The quantitative estimate of drug-likeness (QED) is 0.821. The summed E-state index contributed by atoms with van der Waals surface area (Å²) in [5.74, 6) is 0.402. The minimum atomic E-state index is -0.308. The molecule has 4 heteroatoms. The van der Waals surface area contributed by atoms with Crippen LogP contribution in [0.2, 0.25) is 5.02 Å². The van der Waals surface area contributed by atoms with Gasteiger partial charge in [0.1, 0.15) is 5.82 Å². The molecule has 1 unspecified atom stereocenters. The molecular formula is C15H15ClFNS. The van der Waals surface area contributed by atoms with E-state index < -0.39 is 0 Å². The van der Waals surface area contributed by atoms with Crippen LogP contribution in [-0.4, -0.2) is 0 Å². The van der Waals surface area contributed by atoms with Crippen molar-refractivity contribution in [2.75, 3.05) is 0 Å². The van der Waals surface area contributed by atoms with Gasteiger partial charge in [0.05, 0.1) is 0 Å². The lowest BCUT2D eigenvalue weighted by molar-refractivity contribution is 0.627. The van der Waals surface area contributed by atoms with Gasteiger partial charge in [0.15, 0.2) is 0 Å². The molecule has 0 amide bonds. The average Bonchev–Trinajstić information content (AvgIpc) is 2.38. The smallest absolute Gasteiger partial charge is 0.124 e. The van der Waals surface area contributed by atoms with E-state index in [1.54, 1.807) is 17.8 Å². The van der Waals surface area contributed by atoms with Crippen LogP contribution in [0.5, 0.6) is 0 Å². The zero-order valence-electron chi connectivity index (χ0n) is 10.6. The first-order valence-corrected chi connectivity index (χ1v) is 7.35. The van der Waals surface area contributed by atoms with E-state index in [1.165, 1.54) is 12.1 Å². The van der Waals surface area contributed by atoms with Crippen molar-refractivity contribution in [1.29, 1.82) is 0 Å². The van der Waals surface area contributed by atoms with Gasteiger partial charge in [-0.25, -0.2) is 4.39 Å². The molecule has 0 aliphatic carbocycles. The van der Waals surface area contributed by atoms with Crippen LogP contribution in [0.25, 0.3) is 0 Å². The lowest BCUT2D eigenvalue weighted by Gasteiger charge is -2.08. The maximum atomic E-state index is 12.9. The first-order valence-electron chi connectivity index (χ1n) is 5.98. The summed E-state index contributed by atoms with van der Waals surface area (Å²) in [7, 11) is 0. The fourth-order valence-electron chi connectivity index (χ4n) is 1.69. The zero-order valence-corrected chi connectivity index (χ0v) is 12.1. The second-order valence-electron chi connectivity index (χ2n) is 4.39. The molecule has 0 aromatic heterocycles. The maximum Gasteiger partial charge on any atom is 0.124 e. The van der Waals surface area contributed by atoms with Crippen LogP contribution in [0.15, 0.2) is 47.4 Å². The van der Waals surface area contributed by atoms with Gasteiger partial charge in [-0.3, -0.25) is 0 Å². The molecule has 100 valence electrons. The van der Waals surface area contributed by atoms with Crippen molar-refractivity contribution in [3.8, 4) is 0 Å². The van der Waals surface area contributed by atoms with Gasteiger partial charge in [-0.05, 0) is 42.3 Å².